The van der Waals surface area contributed by atoms with E-state index < -0.39 is 28.2 Å². The summed E-state index contributed by atoms with van der Waals surface area (Å²) in [5.41, 5.74) is 8.43. The van der Waals surface area contributed by atoms with Crippen LogP contribution in [-0.2, 0) is 26.3 Å². The summed E-state index contributed by atoms with van der Waals surface area (Å²) in [6.45, 7) is -0.260. The number of carbonyl (C=O) groups is 2. The van der Waals surface area contributed by atoms with E-state index in [1.54, 1.807) is 6.08 Å². The smallest absolute Gasteiger partial charge is 0.748 e. The summed E-state index contributed by atoms with van der Waals surface area (Å²) in [7, 11) is -4.15. The van der Waals surface area contributed by atoms with Gasteiger partial charge in [0.2, 0.25) is 0 Å². The number of thiocarbonyl (C=S) groups is 1. The Morgan fingerprint density at radius 2 is 1.37 bits per heavy atom. The number of carbonyl (C=O) groups excluding carboxylic acids is 2. The minimum Gasteiger partial charge on any atom is -0.748 e. The van der Waals surface area contributed by atoms with Gasteiger partial charge in [0.25, 0.3) is 11.5 Å². The molecule has 338 valence electrons. The van der Waals surface area contributed by atoms with Crippen molar-refractivity contribution in [2.75, 3.05) is 17.2 Å². The van der Waals surface area contributed by atoms with Crippen LogP contribution in [0.2, 0.25) is 0 Å². The van der Waals surface area contributed by atoms with Gasteiger partial charge in [-0.2, -0.15) is 0 Å². The van der Waals surface area contributed by atoms with Crippen LogP contribution in [0, 0.1) is 0 Å². The van der Waals surface area contributed by atoms with Crippen LogP contribution in [-0.4, -0.2) is 57.0 Å². The van der Waals surface area contributed by atoms with Crippen molar-refractivity contribution >= 4 is 95.6 Å². The molecule has 0 bridgehead atoms. The van der Waals surface area contributed by atoms with E-state index in [4.69, 9.17) is 12.2 Å². The first-order chi connectivity index (χ1) is 31.4. The minimum atomic E-state index is -4.15. The second-order valence-electron chi connectivity index (χ2n) is 17.0. The maximum atomic E-state index is 13.9. The second kappa shape index (κ2) is 24.6. The molecule has 1 saturated heterocycles. The van der Waals surface area contributed by atoms with Crippen molar-refractivity contribution in [3.63, 3.8) is 0 Å². The number of anilines is 2. The molecule has 2 atom stereocenters. The van der Waals surface area contributed by atoms with Gasteiger partial charge in [0, 0.05) is 35.6 Å². The molecule has 0 N–H and O–H groups in total. The Labute approximate surface area is 450 Å². The van der Waals surface area contributed by atoms with Gasteiger partial charge in [0.05, 0.1) is 27.2 Å². The molecular formula is C51H51N3Na2O7S4. The van der Waals surface area contributed by atoms with Gasteiger partial charge in [-0.25, -0.2) is 8.42 Å². The predicted octanol–water partition coefficient (Wildman–Crippen LogP) is 1.90. The summed E-state index contributed by atoms with van der Waals surface area (Å²) in [6.07, 6.45) is 14.9. The number of aromatic nitrogens is 1. The second-order valence-corrected chi connectivity index (χ2v) is 21.1. The molecule has 1 saturated carbocycles. The maximum Gasteiger partial charge on any atom is 1.00 e. The third kappa shape index (κ3) is 13.2. The molecule has 2 fully saturated rings. The Kier molecular flexibility index (Phi) is 19.6. The molecule has 4 aromatic carbocycles. The van der Waals surface area contributed by atoms with Crippen LogP contribution in [0.15, 0.2) is 108 Å². The van der Waals surface area contributed by atoms with Crippen molar-refractivity contribution in [1.82, 2.24) is 9.47 Å². The topological polar surface area (TPSA) is 143 Å². The molecule has 2 aliphatic heterocycles. The Bertz CT molecular complexity index is 2850. The number of unbranched alkanes of at least 4 members (excludes halogenated alkanes) is 8. The number of thiazole rings is 1. The minimum absolute atomic E-state index is 0. The number of benzene rings is 4. The van der Waals surface area contributed by atoms with Crippen LogP contribution in [0.3, 0.4) is 0 Å². The number of amides is 1. The van der Waals surface area contributed by atoms with Crippen LogP contribution in [0.4, 0.5) is 11.4 Å². The SMILES string of the molecule is O=C([O-])Cn1c(=O)/c(=C/c2ccc3c(c2)C2CCCC2N3c2ccc(C=C(c3ccccc3)c3ccccc3)cc2)s/c1=C1/SC(=S)N(CCCCCCCCCCCS(=O)(=O)[O-])C1=O.[Na+].[Na+]. The van der Waals surface area contributed by atoms with E-state index in [1.165, 1.54) is 10.5 Å². The fourth-order valence-electron chi connectivity index (χ4n) is 9.39. The zero-order valence-corrected chi connectivity index (χ0v) is 45.3. The molecule has 16 heteroatoms. The fraction of sp³-hybridized carbons (Fsp3) is 0.333. The number of hydrogen-bond acceptors (Lipinski definition) is 11. The van der Waals surface area contributed by atoms with Crippen molar-refractivity contribution in [3.05, 3.63) is 150 Å². The first-order valence-corrected chi connectivity index (χ1v) is 26.1. The van der Waals surface area contributed by atoms with Crippen LogP contribution in [0.1, 0.15) is 111 Å². The van der Waals surface area contributed by atoms with Crippen LogP contribution < -0.4 is 83.9 Å². The van der Waals surface area contributed by atoms with Crippen LogP contribution in [0.25, 0.3) is 22.6 Å². The quantitative estimate of drug-likeness (QED) is 0.0396. The zero-order chi connectivity index (χ0) is 45.5. The van der Waals surface area contributed by atoms with Crippen molar-refractivity contribution in [1.29, 1.82) is 0 Å². The molecule has 1 amide bonds. The van der Waals surface area contributed by atoms with Crippen molar-refractivity contribution < 1.29 is 86.8 Å². The van der Waals surface area contributed by atoms with Crippen LogP contribution >= 0.6 is 35.3 Å². The zero-order valence-electron chi connectivity index (χ0n) is 38.1. The average molecular weight is 992 g/mol. The molecule has 3 aliphatic rings. The number of nitrogens with zero attached hydrogens (tertiary/aromatic N) is 3. The molecule has 67 heavy (non-hydrogen) atoms. The average Bonchev–Trinajstić information content (AvgIpc) is 4.04. The molecule has 8 rings (SSSR count). The van der Waals surface area contributed by atoms with E-state index >= 15 is 0 Å². The first-order valence-electron chi connectivity index (χ1n) is 22.4. The molecule has 10 nitrogen and oxygen atoms in total. The third-order valence-corrected chi connectivity index (χ3v) is 16.0. The standard InChI is InChI=1S/C51H53N3O7S4.2Na/c55-46(56)34-53-48(57)45(63-50(53)47-49(58)52(51(62)64-47)29-14-6-4-2-1-3-5-7-15-30-65(59,60)61)33-36-25-28-44-42(32-36)40-21-16-22-43(40)54(44)39-26-23-35(24-27-39)31-41(37-17-10-8-11-18-37)38-19-12-9-13-20-38;;/h8-13,17-20,23-28,31-33,40,43H,1-7,14-16,21-22,29-30,34H2,(H,55,56)(H,59,60,61);;/q;2*+1/p-2/b45-33-,50-47+;;. The predicted molar refractivity (Wildman–Crippen MR) is 263 cm³/mol. The molecule has 5 aromatic rings. The Morgan fingerprint density at radius 1 is 0.776 bits per heavy atom. The molecule has 0 spiro atoms. The van der Waals surface area contributed by atoms with Gasteiger partial charge in [-0.05, 0) is 95.5 Å². The monoisotopic (exact) mass is 991 g/mol. The van der Waals surface area contributed by atoms with Gasteiger partial charge in [-0.15, -0.1) is 11.3 Å². The Balaban J connectivity index is 0.00000370. The largest absolute Gasteiger partial charge is 1.00 e. The number of carboxylic acid groups (broad SMARTS) is 1. The van der Waals surface area contributed by atoms with Crippen LogP contribution in [0.5, 0.6) is 0 Å². The molecule has 3 heterocycles. The van der Waals surface area contributed by atoms with Gasteiger partial charge < -0.3 is 19.4 Å². The summed E-state index contributed by atoms with van der Waals surface area (Å²) >= 11 is 7.81. The number of carboxylic acids is 1. The Hall–Kier alpha value is -3.12. The summed E-state index contributed by atoms with van der Waals surface area (Å²) < 4.78 is 34.4. The number of aliphatic carboxylic acids is 1. The number of hydrogen-bond donors (Lipinski definition) is 0. The van der Waals surface area contributed by atoms with E-state index in [0.717, 1.165) is 137 Å². The molecule has 1 aliphatic carbocycles. The third-order valence-electron chi connectivity index (χ3n) is 12.5. The van der Waals surface area contributed by atoms with E-state index in [2.05, 4.69) is 95.9 Å². The molecular weight excluding hydrogens is 941 g/mol. The van der Waals surface area contributed by atoms with Gasteiger partial charge >= 0.3 is 59.1 Å². The number of fused-ring (bicyclic) bond motifs is 3. The van der Waals surface area contributed by atoms with E-state index in [1.807, 2.05) is 18.2 Å². The molecule has 1 aromatic heterocycles. The molecule has 2 unspecified atom stereocenters. The van der Waals surface area contributed by atoms with Gasteiger partial charge in [-0.1, -0.05) is 154 Å². The first kappa shape index (κ1) is 53.2. The fourth-order valence-corrected chi connectivity index (χ4v) is 12.5. The van der Waals surface area contributed by atoms with Crippen molar-refractivity contribution in [2.24, 2.45) is 0 Å². The molecule has 0 radical (unpaired) electrons. The van der Waals surface area contributed by atoms with E-state index in [0.29, 0.717) is 33.8 Å². The number of thioether (sulfide) groups is 1. The van der Waals surface area contributed by atoms with E-state index in [-0.39, 0.29) is 80.3 Å². The maximum absolute atomic E-state index is 13.9. The van der Waals surface area contributed by atoms with E-state index in [9.17, 15) is 32.5 Å². The van der Waals surface area contributed by atoms with Gasteiger partial charge in [0.1, 0.15) is 13.9 Å². The van der Waals surface area contributed by atoms with Crippen molar-refractivity contribution in [2.45, 2.75) is 95.6 Å². The van der Waals surface area contributed by atoms with Crippen molar-refractivity contribution in [3.8, 4) is 0 Å². The summed E-state index contributed by atoms with van der Waals surface area (Å²) in [4.78, 5) is 43.9. The summed E-state index contributed by atoms with van der Waals surface area (Å²) in [6, 6.07) is 36.3. The van der Waals surface area contributed by atoms with Gasteiger partial charge in [0.15, 0.2) is 0 Å². The Morgan fingerprint density at radius 3 is 1.99 bits per heavy atom. The normalized spacial score (nSPS) is 17.5. The summed E-state index contributed by atoms with van der Waals surface area (Å²) in [5, 5.41) is 11.9. The van der Waals surface area contributed by atoms with Gasteiger partial charge in [-0.3, -0.25) is 19.1 Å². The number of rotatable bonds is 19. The summed E-state index contributed by atoms with van der Waals surface area (Å²) in [5.74, 6) is -1.73.